The van der Waals surface area contributed by atoms with Crippen molar-refractivity contribution in [1.82, 2.24) is 14.1 Å². The van der Waals surface area contributed by atoms with E-state index < -0.39 is 0 Å². The van der Waals surface area contributed by atoms with Gasteiger partial charge in [-0.25, -0.2) is 4.98 Å². The zero-order valence-electron chi connectivity index (χ0n) is 28.6. The van der Waals surface area contributed by atoms with Crippen molar-refractivity contribution in [2.45, 2.75) is 40.0 Å². The van der Waals surface area contributed by atoms with Gasteiger partial charge in [0.1, 0.15) is 5.82 Å². The summed E-state index contributed by atoms with van der Waals surface area (Å²) in [5.74, 6) is 2.05. The fourth-order valence-electron chi connectivity index (χ4n) is 6.61. The van der Waals surface area contributed by atoms with E-state index in [2.05, 4.69) is 143 Å². The Bertz CT molecular complexity index is 2480. The van der Waals surface area contributed by atoms with Crippen LogP contribution in [0.15, 0.2) is 128 Å². The molecular formula is C44H36N4OPt-2. The molecule has 0 saturated carbocycles. The first-order valence-electron chi connectivity index (χ1n) is 16.6. The van der Waals surface area contributed by atoms with Crippen LogP contribution in [0, 0.1) is 32.3 Å². The number of nitrogens with zero attached hydrogens (tertiary/aromatic N) is 4. The molecule has 0 bridgehead atoms. The second-order valence-corrected chi connectivity index (χ2v) is 13.5. The van der Waals surface area contributed by atoms with Crippen molar-refractivity contribution in [3.8, 4) is 39.8 Å². The number of hydrogen-bond acceptors (Lipinski definition) is 2. The van der Waals surface area contributed by atoms with Crippen LogP contribution < -0.4 is 9.30 Å². The molecule has 0 unspecified atom stereocenters. The van der Waals surface area contributed by atoms with Gasteiger partial charge in [-0.2, -0.15) is 18.2 Å². The monoisotopic (exact) mass is 831 g/mol. The first-order valence-corrected chi connectivity index (χ1v) is 16.6. The topological polar surface area (TPSA) is 35.9 Å². The fraction of sp³-hybridized carbons (Fsp3) is 0.136. The summed E-state index contributed by atoms with van der Waals surface area (Å²) in [7, 11) is 0. The van der Waals surface area contributed by atoms with E-state index in [-0.39, 0.29) is 26.5 Å². The van der Waals surface area contributed by atoms with Crippen molar-refractivity contribution in [1.29, 1.82) is 0 Å². The normalized spacial score (nSPS) is 11.5. The molecule has 0 radical (unpaired) electrons. The molecule has 0 fully saturated rings. The molecule has 0 spiro atoms. The molecule has 0 atom stereocenters. The van der Waals surface area contributed by atoms with Crippen LogP contribution in [-0.2, 0) is 26.5 Å². The molecule has 250 valence electrons. The van der Waals surface area contributed by atoms with E-state index in [1.165, 1.54) is 27.8 Å². The molecule has 50 heavy (non-hydrogen) atoms. The van der Waals surface area contributed by atoms with Gasteiger partial charge in [0, 0.05) is 56.7 Å². The number of hydrogen-bond donors (Lipinski definition) is 0. The minimum atomic E-state index is -0.00381. The number of aryl methyl sites for hydroxylation is 2. The SMILES string of the molecule is Cc1cccc(C)c1-c1cccc(-[n+]2[c-]n(-c3[c-]c(Oc4[c-]c5c(cc4)c4ccccc4n5-c4cc(C(C)(C)C)ccn4)ccc3)cc2)c1.[Pt]. The van der Waals surface area contributed by atoms with Crippen LogP contribution in [0.4, 0.5) is 0 Å². The zero-order chi connectivity index (χ0) is 33.7. The molecular weight excluding hydrogens is 796 g/mol. The van der Waals surface area contributed by atoms with Crippen molar-refractivity contribution in [3.63, 3.8) is 0 Å². The van der Waals surface area contributed by atoms with Gasteiger partial charge >= 0.3 is 0 Å². The van der Waals surface area contributed by atoms with E-state index in [4.69, 9.17) is 9.72 Å². The van der Waals surface area contributed by atoms with Crippen molar-refractivity contribution in [2.75, 3.05) is 0 Å². The summed E-state index contributed by atoms with van der Waals surface area (Å²) in [6.07, 6.45) is 9.33. The molecule has 3 aromatic heterocycles. The van der Waals surface area contributed by atoms with E-state index in [1.54, 1.807) is 0 Å². The predicted octanol–water partition coefficient (Wildman–Crippen LogP) is 10.0. The Balaban J connectivity index is 0.00000392. The maximum Gasteiger partial charge on any atom is 0.267 e. The average molecular weight is 832 g/mol. The van der Waals surface area contributed by atoms with Crippen LogP contribution in [0.1, 0.15) is 37.5 Å². The summed E-state index contributed by atoms with van der Waals surface area (Å²) < 4.78 is 12.5. The minimum Gasteiger partial charge on any atom is -0.510 e. The summed E-state index contributed by atoms with van der Waals surface area (Å²) in [6, 6.07) is 44.6. The Kier molecular flexibility index (Phi) is 8.80. The standard InChI is InChI=1S/C44H36N4O.Pt/c1-30-11-8-12-31(2)43(30)32-13-9-14-34(25-32)46-23-24-47(29-46)35-15-10-16-36(27-35)49-37-19-20-39-38-17-6-7-18-40(38)48(41(39)28-37)42-26-33(21-22-45-42)44(3,4)5;/h6-26H,1-5H3;/q-2;. The molecule has 5 nitrogen and oxygen atoms in total. The van der Waals surface area contributed by atoms with Gasteiger partial charge in [0.25, 0.3) is 6.33 Å². The molecule has 0 aliphatic rings. The maximum atomic E-state index is 6.41. The second-order valence-electron chi connectivity index (χ2n) is 13.5. The van der Waals surface area contributed by atoms with Crippen molar-refractivity contribution < 1.29 is 30.4 Å². The number of para-hydroxylation sites is 1. The third-order valence-corrected chi connectivity index (χ3v) is 9.10. The molecule has 0 aliphatic carbocycles. The predicted molar refractivity (Wildman–Crippen MR) is 196 cm³/mol. The molecule has 0 saturated heterocycles. The summed E-state index contributed by atoms with van der Waals surface area (Å²) >= 11 is 0. The number of rotatable bonds is 6. The minimum absolute atomic E-state index is 0. The van der Waals surface area contributed by atoms with Gasteiger partial charge in [-0.05, 0) is 88.5 Å². The van der Waals surface area contributed by atoms with Crippen LogP contribution in [0.25, 0.3) is 50.1 Å². The van der Waals surface area contributed by atoms with Gasteiger partial charge in [0.2, 0.25) is 0 Å². The Morgan fingerprint density at radius 2 is 1.50 bits per heavy atom. The molecule has 0 aliphatic heterocycles. The molecule has 8 rings (SSSR count). The Morgan fingerprint density at radius 1 is 0.740 bits per heavy atom. The van der Waals surface area contributed by atoms with E-state index in [0.29, 0.717) is 11.5 Å². The number of ether oxygens (including phenoxy) is 1. The molecule has 0 N–H and O–H groups in total. The van der Waals surface area contributed by atoms with Crippen molar-refractivity contribution >= 4 is 21.8 Å². The maximum absolute atomic E-state index is 6.41. The summed E-state index contributed by atoms with van der Waals surface area (Å²) in [4.78, 5) is 4.79. The molecule has 8 aromatic rings. The van der Waals surface area contributed by atoms with Crippen molar-refractivity contribution in [3.05, 3.63) is 163 Å². The van der Waals surface area contributed by atoms with Crippen LogP contribution in [-0.4, -0.2) is 14.1 Å². The van der Waals surface area contributed by atoms with Crippen LogP contribution in [0.5, 0.6) is 11.5 Å². The zero-order valence-corrected chi connectivity index (χ0v) is 30.9. The number of fused-ring (bicyclic) bond motifs is 3. The molecule has 0 amide bonds. The fourth-order valence-corrected chi connectivity index (χ4v) is 6.61. The molecule has 6 heteroatoms. The first kappa shape index (κ1) is 33.3. The molecule has 3 heterocycles. The quantitative estimate of drug-likeness (QED) is 0.124. The Hall–Kier alpha value is -5.25. The van der Waals surface area contributed by atoms with Gasteiger partial charge in [0.15, 0.2) is 0 Å². The first-order chi connectivity index (χ1) is 23.7. The summed E-state index contributed by atoms with van der Waals surface area (Å²) in [5, 5.41) is 2.24. The average Bonchev–Trinajstić information content (AvgIpc) is 3.72. The smallest absolute Gasteiger partial charge is 0.267 e. The third-order valence-electron chi connectivity index (χ3n) is 9.10. The largest absolute Gasteiger partial charge is 0.510 e. The van der Waals surface area contributed by atoms with Crippen molar-refractivity contribution in [2.24, 2.45) is 0 Å². The van der Waals surface area contributed by atoms with Gasteiger partial charge in [0.05, 0.1) is 5.69 Å². The van der Waals surface area contributed by atoms with E-state index in [0.717, 1.165) is 39.0 Å². The number of pyridine rings is 1. The van der Waals surface area contributed by atoms with Gasteiger partial charge < -0.3 is 13.9 Å². The third kappa shape index (κ3) is 6.19. The van der Waals surface area contributed by atoms with E-state index in [9.17, 15) is 0 Å². The number of aromatic nitrogens is 4. The Morgan fingerprint density at radius 3 is 2.32 bits per heavy atom. The number of imidazole rings is 1. The second kappa shape index (κ2) is 13.2. The van der Waals surface area contributed by atoms with E-state index in [1.807, 2.05) is 52.0 Å². The Labute approximate surface area is 307 Å². The van der Waals surface area contributed by atoms with E-state index >= 15 is 0 Å². The van der Waals surface area contributed by atoms with Gasteiger partial charge in [-0.15, -0.1) is 29.7 Å². The molecule has 5 aromatic carbocycles. The van der Waals surface area contributed by atoms with Gasteiger partial charge in [-0.1, -0.05) is 74.8 Å². The summed E-state index contributed by atoms with van der Waals surface area (Å²) in [5.41, 5.74) is 10.0. The van der Waals surface area contributed by atoms with Gasteiger partial charge in [-0.3, -0.25) is 4.57 Å². The van der Waals surface area contributed by atoms with Crippen LogP contribution >= 0.6 is 0 Å². The number of benzene rings is 5. The van der Waals surface area contributed by atoms with Crippen LogP contribution in [0.2, 0.25) is 0 Å². The summed E-state index contributed by atoms with van der Waals surface area (Å²) in [6.45, 7) is 11.0. The van der Waals surface area contributed by atoms with Crippen LogP contribution in [0.3, 0.4) is 0 Å².